The first-order chi connectivity index (χ1) is 28.7. The van der Waals surface area contributed by atoms with Crippen LogP contribution in [0.5, 0.6) is 0 Å². The quantitative estimate of drug-likeness (QED) is 0.175. The monoisotopic (exact) mass is 757 g/mol. The van der Waals surface area contributed by atoms with Gasteiger partial charge in [0, 0.05) is 47.6 Å². The van der Waals surface area contributed by atoms with Crippen molar-refractivity contribution in [1.82, 2.24) is 15.0 Å². The lowest BCUT2D eigenvalue weighted by atomic mass is 9.93. The minimum atomic E-state index is 0.633. The topological polar surface area (TPSA) is 51.8 Å². The fraction of sp³-hybridized carbons (Fsp3) is 0. The molecular formula is C53H31N3OS. The average molecular weight is 758 g/mol. The third kappa shape index (κ3) is 5.18. The highest BCUT2D eigenvalue weighted by atomic mass is 32.1. The van der Waals surface area contributed by atoms with Crippen molar-refractivity contribution >= 4 is 75.0 Å². The number of rotatable bonds is 5. The molecule has 3 aromatic heterocycles. The second-order valence-corrected chi connectivity index (χ2v) is 15.7. The molecule has 0 radical (unpaired) electrons. The van der Waals surface area contributed by atoms with E-state index in [0.717, 1.165) is 71.3 Å². The van der Waals surface area contributed by atoms with Gasteiger partial charge in [0.2, 0.25) is 0 Å². The fourth-order valence-corrected chi connectivity index (χ4v) is 9.88. The summed E-state index contributed by atoms with van der Waals surface area (Å²) in [4.78, 5) is 16.1. The number of benzene rings is 9. The predicted octanol–water partition coefficient (Wildman–Crippen LogP) is 14.8. The standard InChI is InChI=1S/C53H31N3OS/c1-2-13-32(14-3-1)34-26-28-43(38-17-6-4-15-36(34)38)51-54-52(56-53(55-51)45-22-12-21-42-41-20-9-11-24-49(41)58-50(42)45)44-29-27-35(37-16-5-7-18-39(37)44)33-25-30-48-46(31-33)40-19-8-10-23-47(40)57-48/h1-31H. The lowest BCUT2D eigenvalue weighted by molar-refractivity contribution is 0.669. The summed E-state index contributed by atoms with van der Waals surface area (Å²) < 4.78 is 8.59. The van der Waals surface area contributed by atoms with Crippen LogP contribution in [0.4, 0.5) is 0 Å². The predicted molar refractivity (Wildman–Crippen MR) is 242 cm³/mol. The molecule has 0 fully saturated rings. The number of thiophene rings is 1. The number of hydrogen-bond donors (Lipinski definition) is 0. The van der Waals surface area contributed by atoms with Gasteiger partial charge in [0.05, 0.1) is 0 Å². The van der Waals surface area contributed by atoms with E-state index in [1.54, 1.807) is 11.3 Å². The van der Waals surface area contributed by atoms with Crippen LogP contribution >= 0.6 is 11.3 Å². The highest BCUT2D eigenvalue weighted by Crippen LogP contribution is 2.42. The maximum Gasteiger partial charge on any atom is 0.165 e. The third-order valence-electron chi connectivity index (χ3n) is 11.4. The number of para-hydroxylation sites is 1. The summed E-state index contributed by atoms with van der Waals surface area (Å²) in [5.41, 5.74) is 9.30. The zero-order chi connectivity index (χ0) is 38.2. The van der Waals surface area contributed by atoms with Crippen molar-refractivity contribution in [1.29, 1.82) is 0 Å². The van der Waals surface area contributed by atoms with Crippen molar-refractivity contribution < 1.29 is 4.42 Å². The molecule has 0 bridgehead atoms. The van der Waals surface area contributed by atoms with Crippen LogP contribution in [0.1, 0.15) is 0 Å². The van der Waals surface area contributed by atoms with Crippen molar-refractivity contribution in [2.24, 2.45) is 0 Å². The molecule has 58 heavy (non-hydrogen) atoms. The molecule has 4 nitrogen and oxygen atoms in total. The molecule has 0 atom stereocenters. The molecule has 0 amide bonds. The van der Waals surface area contributed by atoms with Gasteiger partial charge in [-0.2, -0.15) is 0 Å². The van der Waals surface area contributed by atoms with Gasteiger partial charge in [0.1, 0.15) is 11.2 Å². The Morgan fingerprint density at radius 3 is 1.50 bits per heavy atom. The van der Waals surface area contributed by atoms with Crippen molar-refractivity contribution in [3.8, 4) is 56.4 Å². The molecule has 0 N–H and O–H groups in total. The molecule has 12 rings (SSSR count). The normalized spacial score (nSPS) is 11.8. The van der Waals surface area contributed by atoms with Crippen LogP contribution in [0.15, 0.2) is 192 Å². The van der Waals surface area contributed by atoms with E-state index in [2.05, 4.69) is 176 Å². The Balaban J connectivity index is 1.10. The summed E-state index contributed by atoms with van der Waals surface area (Å²) in [6, 6.07) is 66.2. The summed E-state index contributed by atoms with van der Waals surface area (Å²) >= 11 is 1.79. The number of hydrogen-bond acceptors (Lipinski definition) is 5. The first kappa shape index (κ1) is 32.7. The Bertz CT molecular complexity index is 3590. The van der Waals surface area contributed by atoms with Crippen LogP contribution in [0.2, 0.25) is 0 Å². The van der Waals surface area contributed by atoms with Gasteiger partial charge in [0.25, 0.3) is 0 Å². The largest absolute Gasteiger partial charge is 0.456 e. The van der Waals surface area contributed by atoms with Crippen molar-refractivity contribution in [3.63, 3.8) is 0 Å². The molecule has 0 saturated carbocycles. The molecule has 270 valence electrons. The van der Waals surface area contributed by atoms with E-state index in [9.17, 15) is 0 Å². The van der Waals surface area contributed by atoms with Gasteiger partial charge in [-0.15, -0.1) is 11.3 Å². The maximum atomic E-state index is 6.18. The van der Waals surface area contributed by atoms with Gasteiger partial charge in [0.15, 0.2) is 17.5 Å². The van der Waals surface area contributed by atoms with Gasteiger partial charge in [-0.05, 0) is 86.3 Å². The molecule has 9 aromatic carbocycles. The molecule has 3 heterocycles. The van der Waals surface area contributed by atoms with Gasteiger partial charge in [-0.1, -0.05) is 146 Å². The maximum absolute atomic E-state index is 6.18. The van der Waals surface area contributed by atoms with Crippen LogP contribution in [-0.2, 0) is 0 Å². The summed E-state index contributed by atoms with van der Waals surface area (Å²) in [7, 11) is 0. The molecule has 0 unspecified atom stereocenters. The smallest absolute Gasteiger partial charge is 0.165 e. The Morgan fingerprint density at radius 2 is 0.810 bits per heavy atom. The number of fused-ring (bicyclic) bond motifs is 8. The van der Waals surface area contributed by atoms with Crippen LogP contribution in [0.25, 0.3) is 120 Å². The van der Waals surface area contributed by atoms with Crippen molar-refractivity contribution in [2.75, 3.05) is 0 Å². The Morgan fingerprint density at radius 1 is 0.310 bits per heavy atom. The summed E-state index contributed by atoms with van der Waals surface area (Å²) in [6.07, 6.45) is 0. The molecule has 0 aliphatic carbocycles. The van der Waals surface area contributed by atoms with Gasteiger partial charge >= 0.3 is 0 Å². The van der Waals surface area contributed by atoms with Crippen molar-refractivity contribution in [3.05, 3.63) is 188 Å². The van der Waals surface area contributed by atoms with E-state index in [0.29, 0.717) is 17.5 Å². The van der Waals surface area contributed by atoms with Gasteiger partial charge in [-0.25, -0.2) is 15.0 Å². The summed E-state index contributed by atoms with van der Waals surface area (Å²) in [5, 5.41) is 9.11. The first-order valence-corrected chi connectivity index (χ1v) is 20.2. The van der Waals surface area contributed by atoms with Crippen LogP contribution < -0.4 is 0 Å². The van der Waals surface area contributed by atoms with Crippen LogP contribution in [0, 0.1) is 0 Å². The Kier molecular flexibility index (Phi) is 7.37. The number of aromatic nitrogens is 3. The fourth-order valence-electron chi connectivity index (χ4n) is 8.66. The number of furan rings is 1. The van der Waals surface area contributed by atoms with Crippen LogP contribution in [0.3, 0.4) is 0 Å². The first-order valence-electron chi connectivity index (χ1n) is 19.4. The zero-order valence-corrected chi connectivity index (χ0v) is 31.9. The lowest BCUT2D eigenvalue weighted by Crippen LogP contribution is -2.01. The summed E-state index contributed by atoms with van der Waals surface area (Å²) in [5.74, 6) is 1.92. The second-order valence-electron chi connectivity index (χ2n) is 14.7. The molecule has 12 aromatic rings. The van der Waals surface area contributed by atoms with E-state index >= 15 is 0 Å². The SMILES string of the molecule is c1ccc(-c2ccc(-c3nc(-c4ccc(-c5ccc6oc7ccccc7c6c5)c5ccccc45)nc(-c4cccc5c4sc4ccccc45)n3)c3ccccc23)cc1. The minimum Gasteiger partial charge on any atom is -0.456 e. The molecule has 5 heteroatoms. The molecule has 0 aliphatic rings. The van der Waals surface area contributed by atoms with Gasteiger partial charge < -0.3 is 4.42 Å². The Hall–Kier alpha value is -7.47. The third-order valence-corrected chi connectivity index (χ3v) is 12.6. The highest BCUT2D eigenvalue weighted by molar-refractivity contribution is 7.26. The van der Waals surface area contributed by atoms with E-state index in [-0.39, 0.29) is 0 Å². The summed E-state index contributed by atoms with van der Waals surface area (Å²) in [6.45, 7) is 0. The molecule has 0 spiro atoms. The van der Waals surface area contributed by atoms with E-state index in [1.165, 1.54) is 31.3 Å². The van der Waals surface area contributed by atoms with Crippen molar-refractivity contribution in [2.45, 2.75) is 0 Å². The van der Waals surface area contributed by atoms with E-state index < -0.39 is 0 Å². The van der Waals surface area contributed by atoms with E-state index in [4.69, 9.17) is 19.4 Å². The average Bonchev–Trinajstić information content (AvgIpc) is 3.87. The number of nitrogens with zero attached hydrogens (tertiary/aromatic N) is 3. The molecule has 0 saturated heterocycles. The zero-order valence-electron chi connectivity index (χ0n) is 31.1. The van der Waals surface area contributed by atoms with E-state index in [1.807, 2.05) is 12.1 Å². The van der Waals surface area contributed by atoms with Gasteiger partial charge in [-0.3, -0.25) is 0 Å². The van der Waals surface area contributed by atoms with Crippen LogP contribution in [-0.4, -0.2) is 15.0 Å². The Labute approximate surface area is 337 Å². The molecule has 0 aliphatic heterocycles. The molecular weight excluding hydrogens is 727 g/mol. The highest BCUT2D eigenvalue weighted by Gasteiger charge is 2.20. The lowest BCUT2D eigenvalue weighted by Gasteiger charge is -2.15. The second kappa shape index (κ2) is 13.1. The minimum absolute atomic E-state index is 0.633.